The quantitative estimate of drug-likeness (QED) is 0.852. The van der Waals surface area contributed by atoms with Crippen LogP contribution in [-0.2, 0) is 13.0 Å². The summed E-state index contributed by atoms with van der Waals surface area (Å²) in [6.45, 7) is 8.15. The fraction of sp³-hybridized carbons (Fsp3) is 0.533. The molecule has 0 aliphatic heterocycles. The zero-order valence-electron chi connectivity index (χ0n) is 12.6. The summed E-state index contributed by atoms with van der Waals surface area (Å²) >= 11 is 1.74. The van der Waals surface area contributed by atoms with Crippen molar-refractivity contribution < 1.29 is 4.74 Å². The first-order valence-electron chi connectivity index (χ1n) is 7.07. The molecule has 5 heteroatoms. The minimum atomic E-state index is 0.274. The summed E-state index contributed by atoms with van der Waals surface area (Å²) in [5, 5.41) is 10.2. The van der Waals surface area contributed by atoms with Gasteiger partial charge < -0.3 is 10.1 Å². The van der Waals surface area contributed by atoms with Gasteiger partial charge in [0.1, 0.15) is 5.75 Å². The third kappa shape index (κ3) is 3.22. The lowest BCUT2D eigenvalue weighted by atomic mass is 10.1. The number of methoxy groups -OCH3 is 1. The van der Waals surface area contributed by atoms with Crippen molar-refractivity contribution in [3.8, 4) is 5.75 Å². The lowest BCUT2D eigenvalue weighted by Gasteiger charge is -2.18. The van der Waals surface area contributed by atoms with Gasteiger partial charge in [-0.15, -0.1) is 11.3 Å². The predicted molar refractivity (Wildman–Crippen MR) is 83.6 cm³/mol. The van der Waals surface area contributed by atoms with Crippen molar-refractivity contribution >= 4 is 11.3 Å². The van der Waals surface area contributed by atoms with Crippen LogP contribution in [-0.4, -0.2) is 23.4 Å². The van der Waals surface area contributed by atoms with Gasteiger partial charge in [-0.25, -0.2) is 0 Å². The molecule has 2 aromatic rings. The molecule has 0 aliphatic carbocycles. The highest BCUT2D eigenvalue weighted by Crippen LogP contribution is 2.32. The molecule has 0 bridgehead atoms. The number of likely N-dealkylation sites (N-methyl/N-ethyl adjacent to an activating group) is 1. The number of hydrogen-bond donors (Lipinski definition) is 1. The summed E-state index contributed by atoms with van der Waals surface area (Å²) in [7, 11) is 1.73. The molecule has 0 aliphatic rings. The van der Waals surface area contributed by atoms with Crippen LogP contribution in [0.1, 0.15) is 36.2 Å². The van der Waals surface area contributed by atoms with Crippen molar-refractivity contribution in [2.75, 3.05) is 13.7 Å². The van der Waals surface area contributed by atoms with Crippen LogP contribution in [0.4, 0.5) is 0 Å². The minimum absolute atomic E-state index is 0.274. The van der Waals surface area contributed by atoms with Gasteiger partial charge in [-0.3, -0.25) is 4.68 Å². The highest BCUT2D eigenvalue weighted by atomic mass is 32.1. The van der Waals surface area contributed by atoms with Crippen molar-refractivity contribution in [3.05, 3.63) is 33.8 Å². The zero-order valence-corrected chi connectivity index (χ0v) is 13.5. The predicted octanol–water partition coefficient (Wildman–Crippen LogP) is 3.17. The highest BCUT2D eigenvalue weighted by Gasteiger charge is 2.19. The Morgan fingerprint density at radius 3 is 2.90 bits per heavy atom. The Bertz CT molecular complexity index is 547. The summed E-state index contributed by atoms with van der Waals surface area (Å²) in [5.74, 6) is 0.972. The van der Waals surface area contributed by atoms with Gasteiger partial charge in [-0.2, -0.15) is 5.10 Å². The SMILES string of the molecule is CCNC(Cc1cc(C)nn1CC)c1sccc1OC. The van der Waals surface area contributed by atoms with Gasteiger partial charge in [-0.1, -0.05) is 6.92 Å². The molecule has 1 N–H and O–H groups in total. The first-order valence-corrected chi connectivity index (χ1v) is 7.95. The monoisotopic (exact) mass is 293 g/mol. The molecule has 1 unspecified atom stereocenters. The molecule has 0 amide bonds. The maximum Gasteiger partial charge on any atom is 0.134 e. The van der Waals surface area contributed by atoms with Crippen molar-refractivity contribution in [2.24, 2.45) is 0 Å². The summed E-state index contributed by atoms with van der Waals surface area (Å²) in [6, 6.07) is 4.48. The van der Waals surface area contributed by atoms with Gasteiger partial charge in [0.15, 0.2) is 0 Å². The second-order valence-electron chi connectivity index (χ2n) is 4.76. The Kier molecular flexibility index (Phi) is 5.20. The normalized spacial score (nSPS) is 12.6. The van der Waals surface area contributed by atoms with Gasteiger partial charge >= 0.3 is 0 Å². The van der Waals surface area contributed by atoms with E-state index in [-0.39, 0.29) is 6.04 Å². The first-order chi connectivity index (χ1) is 9.69. The number of rotatable bonds is 7. The number of nitrogens with zero attached hydrogens (tertiary/aromatic N) is 2. The number of ether oxygens (including phenoxy) is 1. The third-order valence-electron chi connectivity index (χ3n) is 3.34. The van der Waals surface area contributed by atoms with E-state index in [1.807, 2.05) is 13.0 Å². The summed E-state index contributed by atoms with van der Waals surface area (Å²) in [5.41, 5.74) is 2.35. The van der Waals surface area contributed by atoms with E-state index in [1.54, 1.807) is 18.4 Å². The maximum absolute atomic E-state index is 5.46. The first kappa shape index (κ1) is 15.1. The van der Waals surface area contributed by atoms with Crippen LogP contribution in [0.3, 0.4) is 0 Å². The largest absolute Gasteiger partial charge is 0.496 e. The van der Waals surface area contributed by atoms with E-state index in [0.717, 1.165) is 31.0 Å². The lowest BCUT2D eigenvalue weighted by molar-refractivity contribution is 0.402. The van der Waals surface area contributed by atoms with E-state index in [1.165, 1.54) is 10.6 Å². The van der Waals surface area contributed by atoms with Gasteiger partial charge in [-0.05, 0) is 37.9 Å². The molecule has 110 valence electrons. The molecule has 1 atom stereocenters. The molecule has 0 radical (unpaired) electrons. The Morgan fingerprint density at radius 1 is 1.45 bits per heavy atom. The molecule has 0 saturated carbocycles. The molecule has 0 saturated heterocycles. The zero-order chi connectivity index (χ0) is 14.5. The Hall–Kier alpha value is -1.33. The molecule has 4 nitrogen and oxygen atoms in total. The average molecular weight is 293 g/mol. The molecule has 2 heterocycles. The molecule has 0 fully saturated rings. The Balaban J connectivity index is 2.25. The topological polar surface area (TPSA) is 39.1 Å². The Labute approximate surface area is 124 Å². The van der Waals surface area contributed by atoms with E-state index in [9.17, 15) is 0 Å². The summed E-state index contributed by atoms with van der Waals surface area (Å²) < 4.78 is 7.54. The van der Waals surface area contributed by atoms with Crippen LogP contribution < -0.4 is 10.1 Å². The average Bonchev–Trinajstić information content (AvgIpc) is 3.04. The van der Waals surface area contributed by atoms with Crippen molar-refractivity contribution in [1.29, 1.82) is 0 Å². The number of thiophene rings is 1. The number of aromatic nitrogens is 2. The molecule has 0 aromatic carbocycles. The highest BCUT2D eigenvalue weighted by molar-refractivity contribution is 7.10. The van der Waals surface area contributed by atoms with Crippen molar-refractivity contribution in [1.82, 2.24) is 15.1 Å². The molecule has 2 aromatic heterocycles. The fourth-order valence-electron chi connectivity index (χ4n) is 2.48. The molecule has 0 spiro atoms. The third-order valence-corrected chi connectivity index (χ3v) is 4.35. The summed E-state index contributed by atoms with van der Waals surface area (Å²) in [4.78, 5) is 1.26. The maximum atomic E-state index is 5.46. The van der Waals surface area contributed by atoms with E-state index in [2.05, 4.69) is 40.4 Å². The van der Waals surface area contributed by atoms with Crippen LogP contribution in [0.25, 0.3) is 0 Å². The van der Waals surface area contributed by atoms with Gasteiger partial charge in [0.05, 0.1) is 23.7 Å². The standard InChI is InChI=1S/C15H23N3OS/c1-5-16-13(15-14(19-4)7-8-20-15)10-12-9-11(3)17-18(12)6-2/h7-9,13,16H,5-6,10H2,1-4H3. The second-order valence-corrected chi connectivity index (χ2v) is 5.71. The van der Waals surface area contributed by atoms with Crippen LogP contribution in [0, 0.1) is 6.92 Å². The van der Waals surface area contributed by atoms with E-state index in [0.29, 0.717) is 0 Å². The van der Waals surface area contributed by atoms with Crippen LogP contribution in [0.15, 0.2) is 17.5 Å². The van der Waals surface area contributed by atoms with Crippen LogP contribution >= 0.6 is 11.3 Å². The fourth-order valence-corrected chi connectivity index (χ4v) is 3.42. The van der Waals surface area contributed by atoms with E-state index >= 15 is 0 Å². The second kappa shape index (κ2) is 6.90. The summed E-state index contributed by atoms with van der Waals surface area (Å²) in [6.07, 6.45) is 0.930. The minimum Gasteiger partial charge on any atom is -0.496 e. The number of nitrogens with one attached hydrogen (secondary N) is 1. The van der Waals surface area contributed by atoms with Crippen molar-refractivity contribution in [3.63, 3.8) is 0 Å². The lowest BCUT2D eigenvalue weighted by Crippen LogP contribution is -2.23. The number of hydrogen-bond acceptors (Lipinski definition) is 4. The molecule has 2 rings (SSSR count). The molecule has 20 heavy (non-hydrogen) atoms. The van der Waals surface area contributed by atoms with Gasteiger partial charge in [0, 0.05) is 18.7 Å². The molecular formula is C15H23N3OS. The van der Waals surface area contributed by atoms with E-state index in [4.69, 9.17) is 4.74 Å². The molecular weight excluding hydrogens is 270 g/mol. The van der Waals surface area contributed by atoms with Crippen molar-refractivity contribution in [2.45, 2.75) is 39.8 Å². The van der Waals surface area contributed by atoms with Gasteiger partial charge in [0.25, 0.3) is 0 Å². The van der Waals surface area contributed by atoms with E-state index < -0.39 is 0 Å². The van der Waals surface area contributed by atoms with Crippen LogP contribution in [0.2, 0.25) is 0 Å². The smallest absolute Gasteiger partial charge is 0.134 e. The Morgan fingerprint density at radius 2 is 2.25 bits per heavy atom. The van der Waals surface area contributed by atoms with Gasteiger partial charge in [0.2, 0.25) is 0 Å². The number of aryl methyl sites for hydroxylation is 2. The van der Waals surface area contributed by atoms with Crippen LogP contribution in [0.5, 0.6) is 5.75 Å².